The van der Waals surface area contributed by atoms with E-state index >= 15 is 0 Å². The molecule has 3 rings (SSSR count). The third kappa shape index (κ3) is 6.51. The van der Waals surface area contributed by atoms with Crippen LogP contribution in [0, 0.1) is 12.7 Å². The van der Waals surface area contributed by atoms with Gasteiger partial charge in [-0.05, 0) is 44.9 Å². The Bertz CT molecular complexity index is 919. The number of nitrogens with zero attached hydrogens (tertiary/aromatic N) is 3. The summed E-state index contributed by atoms with van der Waals surface area (Å²) in [5, 5.41) is 10.5. The second-order valence-corrected chi connectivity index (χ2v) is 7.70. The summed E-state index contributed by atoms with van der Waals surface area (Å²) in [7, 11) is 0. The average molecular weight is 449 g/mol. The molecule has 174 valence electrons. The van der Waals surface area contributed by atoms with Crippen LogP contribution in [0.4, 0.5) is 9.18 Å². The molecule has 0 aliphatic carbocycles. The highest BCUT2D eigenvalue weighted by Crippen LogP contribution is 2.30. The van der Waals surface area contributed by atoms with Crippen LogP contribution >= 0.6 is 0 Å². The topological polar surface area (TPSA) is 103 Å². The Morgan fingerprint density at radius 2 is 1.97 bits per heavy atom. The van der Waals surface area contributed by atoms with E-state index in [1.165, 1.54) is 18.5 Å². The number of carbonyl (C=O) groups is 1. The van der Waals surface area contributed by atoms with Gasteiger partial charge in [0.05, 0.1) is 11.7 Å². The first-order valence-corrected chi connectivity index (χ1v) is 10.5. The molecule has 1 saturated heterocycles. The number of hydrogen-bond acceptors (Lipinski definition) is 9. The summed E-state index contributed by atoms with van der Waals surface area (Å²) in [6.45, 7) is 6.18. The van der Waals surface area contributed by atoms with Crippen molar-refractivity contribution in [3.05, 3.63) is 41.5 Å². The Morgan fingerprint density at radius 3 is 2.62 bits per heavy atom. The van der Waals surface area contributed by atoms with Crippen LogP contribution in [-0.4, -0.2) is 58.2 Å². The van der Waals surface area contributed by atoms with Crippen molar-refractivity contribution in [2.24, 2.45) is 0 Å². The molecule has 9 nitrogen and oxygen atoms in total. The first-order valence-electron chi connectivity index (χ1n) is 10.5. The highest BCUT2D eigenvalue weighted by Gasteiger charge is 2.25. The quantitative estimate of drug-likeness (QED) is 0.606. The number of piperidine rings is 1. The zero-order valence-electron chi connectivity index (χ0n) is 18.4. The molecule has 2 heterocycles. The zero-order chi connectivity index (χ0) is 23.1. The second kappa shape index (κ2) is 11.1. The van der Waals surface area contributed by atoms with E-state index in [2.05, 4.69) is 9.97 Å². The van der Waals surface area contributed by atoms with Crippen molar-refractivity contribution in [2.75, 3.05) is 19.7 Å². The molecule has 0 bridgehead atoms. The fraction of sp³-hybridized carbons (Fsp3) is 0.500. The van der Waals surface area contributed by atoms with Crippen LogP contribution in [-0.2, 0) is 16.0 Å². The van der Waals surface area contributed by atoms with Crippen molar-refractivity contribution in [1.82, 2.24) is 15.0 Å². The third-order valence-corrected chi connectivity index (χ3v) is 4.81. The summed E-state index contributed by atoms with van der Waals surface area (Å²) >= 11 is 0. The summed E-state index contributed by atoms with van der Waals surface area (Å²) in [5.41, 5.74) is 1.22. The Balaban J connectivity index is 1.58. The van der Waals surface area contributed by atoms with Gasteiger partial charge in [-0.2, -0.15) is 0 Å². The Labute approximate surface area is 186 Å². The maximum absolute atomic E-state index is 14.3. The predicted octanol–water partition coefficient (Wildman–Crippen LogP) is 3.57. The van der Waals surface area contributed by atoms with Crippen LogP contribution in [0.15, 0.2) is 24.5 Å². The van der Waals surface area contributed by atoms with Crippen molar-refractivity contribution in [3.63, 3.8) is 0 Å². The SMILES string of the molecule is Cc1c(Oc2ccc(CCO)cc2F)ncnc1OC1CCN(OC(=O)OC(C)C)CC1. The summed E-state index contributed by atoms with van der Waals surface area (Å²) in [6.07, 6.45) is 1.81. The number of benzene rings is 1. The zero-order valence-corrected chi connectivity index (χ0v) is 18.4. The molecule has 0 radical (unpaired) electrons. The summed E-state index contributed by atoms with van der Waals surface area (Å²) < 4.78 is 31.0. The number of halogens is 1. The van der Waals surface area contributed by atoms with E-state index in [0.29, 0.717) is 49.4 Å². The second-order valence-electron chi connectivity index (χ2n) is 7.70. The minimum absolute atomic E-state index is 0.0261. The van der Waals surface area contributed by atoms with Gasteiger partial charge in [0.1, 0.15) is 12.4 Å². The van der Waals surface area contributed by atoms with Gasteiger partial charge in [-0.3, -0.25) is 0 Å². The molecule has 32 heavy (non-hydrogen) atoms. The van der Waals surface area contributed by atoms with E-state index in [1.807, 2.05) is 0 Å². The first kappa shape index (κ1) is 23.7. The molecule has 0 saturated carbocycles. The molecular weight excluding hydrogens is 421 g/mol. The molecule has 1 aromatic carbocycles. The Morgan fingerprint density at radius 1 is 1.25 bits per heavy atom. The lowest BCUT2D eigenvalue weighted by Crippen LogP contribution is -2.40. The summed E-state index contributed by atoms with van der Waals surface area (Å²) in [6, 6.07) is 4.52. The van der Waals surface area contributed by atoms with E-state index in [4.69, 9.17) is 24.2 Å². The van der Waals surface area contributed by atoms with Gasteiger partial charge in [-0.1, -0.05) is 6.07 Å². The van der Waals surface area contributed by atoms with Gasteiger partial charge in [0.25, 0.3) is 0 Å². The largest absolute Gasteiger partial charge is 0.528 e. The smallest absolute Gasteiger partial charge is 0.474 e. The standard InChI is InChI=1S/C22H28FN3O6/c1-14(2)29-22(28)32-26-9-6-17(7-10-26)30-20-15(3)21(25-13-24-20)31-19-5-4-16(8-11-27)12-18(19)23/h4-5,12-14,17,27H,6-11H2,1-3H3. The highest BCUT2D eigenvalue weighted by atomic mass is 19.1. The molecule has 1 fully saturated rings. The lowest BCUT2D eigenvalue weighted by molar-refractivity contribution is -0.151. The molecule has 0 atom stereocenters. The van der Waals surface area contributed by atoms with Crippen molar-refractivity contribution in [1.29, 1.82) is 0 Å². The predicted molar refractivity (Wildman–Crippen MR) is 112 cm³/mol. The number of aliphatic hydroxyl groups is 1. The number of carbonyl (C=O) groups excluding carboxylic acids is 1. The van der Waals surface area contributed by atoms with Crippen LogP contribution < -0.4 is 9.47 Å². The monoisotopic (exact) mass is 449 g/mol. The van der Waals surface area contributed by atoms with Gasteiger partial charge < -0.3 is 24.2 Å². The molecular formula is C22H28FN3O6. The molecule has 0 unspecified atom stereocenters. The minimum Gasteiger partial charge on any atom is -0.474 e. The van der Waals surface area contributed by atoms with Gasteiger partial charge >= 0.3 is 6.16 Å². The molecule has 1 aliphatic rings. The van der Waals surface area contributed by atoms with Crippen molar-refractivity contribution in [3.8, 4) is 17.5 Å². The van der Waals surface area contributed by atoms with Crippen LogP contribution in [0.1, 0.15) is 37.8 Å². The van der Waals surface area contributed by atoms with Gasteiger partial charge in [0.15, 0.2) is 11.6 Å². The lowest BCUT2D eigenvalue weighted by atomic mass is 10.1. The number of aliphatic hydroxyl groups excluding tert-OH is 1. The number of ether oxygens (including phenoxy) is 3. The fourth-order valence-corrected chi connectivity index (χ4v) is 3.17. The van der Waals surface area contributed by atoms with E-state index < -0.39 is 12.0 Å². The number of rotatable bonds is 8. The van der Waals surface area contributed by atoms with Crippen molar-refractivity contribution in [2.45, 2.75) is 52.2 Å². The molecule has 1 aromatic heterocycles. The third-order valence-electron chi connectivity index (χ3n) is 4.81. The van der Waals surface area contributed by atoms with E-state index in [0.717, 1.165) is 0 Å². The van der Waals surface area contributed by atoms with Gasteiger partial charge in [0, 0.05) is 32.5 Å². The maximum Gasteiger partial charge on any atom is 0.528 e. The maximum atomic E-state index is 14.3. The Hall–Kier alpha value is -2.98. The average Bonchev–Trinajstić information content (AvgIpc) is 2.74. The summed E-state index contributed by atoms with van der Waals surface area (Å²) in [5.74, 6) is 0.0323. The van der Waals surface area contributed by atoms with Crippen LogP contribution in [0.25, 0.3) is 0 Å². The molecule has 10 heteroatoms. The Kier molecular flexibility index (Phi) is 8.18. The molecule has 2 aromatic rings. The van der Waals surface area contributed by atoms with E-state index in [-0.39, 0.29) is 30.4 Å². The van der Waals surface area contributed by atoms with E-state index in [9.17, 15) is 9.18 Å². The van der Waals surface area contributed by atoms with Crippen molar-refractivity contribution >= 4 is 6.16 Å². The molecule has 1 aliphatic heterocycles. The van der Waals surface area contributed by atoms with Gasteiger partial charge in [-0.25, -0.2) is 19.2 Å². The summed E-state index contributed by atoms with van der Waals surface area (Å²) in [4.78, 5) is 25.1. The number of hydrogen-bond donors (Lipinski definition) is 1. The number of hydroxylamine groups is 2. The normalized spacial score (nSPS) is 14.9. The molecule has 1 N–H and O–H groups in total. The van der Waals surface area contributed by atoms with Gasteiger partial charge in [-0.15, -0.1) is 5.06 Å². The number of aromatic nitrogens is 2. The molecule has 0 amide bonds. The van der Waals surface area contributed by atoms with Crippen LogP contribution in [0.5, 0.6) is 17.5 Å². The van der Waals surface area contributed by atoms with Gasteiger partial charge in [0.2, 0.25) is 11.8 Å². The molecule has 0 spiro atoms. The van der Waals surface area contributed by atoms with Crippen LogP contribution in [0.2, 0.25) is 0 Å². The highest BCUT2D eigenvalue weighted by molar-refractivity contribution is 5.59. The van der Waals surface area contributed by atoms with Crippen LogP contribution in [0.3, 0.4) is 0 Å². The van der Waals surface area contributed by atoms with Crippen molar-refractivity contribution < 1.29 is 33.3 Å². The van der Waals surface area contributed by atoms with E-state index in [1.54, 1.807) is 31.9 Å². The fourth-order valence-electron chi connectivity index (χ4n) is 3.17. The lowest BCUT2D eigenvalue weighted by Gasteiger charge is -2.30. The first-order chi connectivity index (χ1) is 15.4. The minimum atomic E-state index is -0.718.